The smallest absolute Gasteiger partial charge is 0.312 e. The van der Waals surface area contributed by atoms with E-state index >= 15 is 0 Å². The van der Waals surface area contributed by atoms with Crippen molar-refractivity contribution in [1.29, 1.82) is 0 Å². The van der Waals surface area contributed by atoms with Crippen molar-refractivity contribution >= 4 is 23.1 Å². The lowest BCUT2D eigenvalue weighted by Gasteiger charge is -2.23. The molecule has 3 rings (SSSR count). The van der Waals surface area contributed by atoms with Crippen molar-refractivity contribution in [3.63, 3.8) is 0 Å². The highest BCUT2D eigenvalue weighted by molar-refractivity contribution is 6.30. The van der Waals surface area contributed by atoms with Crippen LogP contribution < -0.4 is 5.32 Å². The first-order valence-corrected chi connectivity index (χ1v) is 7.46. The second kappa shape index (κ2) is 5.88. The van der Waals surface area contributed by atoms with Crippen LogP contribution in [0.2, 0.25) is 5.02 Å². The highest BCUT2D eigenvalue weighted by atomic mass is 35.5. The van der Waals surface area contributed by atoms with Gasteiger partial charge in [0.1, 0.15) is 5.82 Å². The average Bonchev–Trinajstić information content (AvgIpc) is 2.93. The molecular weight excluding hydrogens is 308 g/mol. The lowest BCUT2D eigenvalue weighted by molar-refractivity contribution is -0.384. The van der Waals surface area contributed by atoms with Gasteiger partial charge >= 0.3 is 5.69 Å². The van der Waals surface area contributed by atoms with Crippen LogP contribution in [0.5, 0.6) is 0 Å². The van der Waals surface area contributed by atoms with Gasteiger partial charge < -0.3 is 5.32 Å². The minimum Gasteiger partial charge on any atom is -0.354 e. The van der Waals surface area contributed by atoms with Crippen LogP contribution in [0.3, 0.4) is 0 Å². The van der Waals surface area contributed by atoms with Crippen LogP contribution in [-0.4, -0.2) is 24.7 Å². The molecule has 0 spiro atoms. The summed E-state index contributed by atoms with van der Waals surface area (Å²) in [5, 5.41) is 18.9. The number of fused-ring (bicyclic) bond motifs is 1. The summed E-state index contributed by atoms with van der Waals surface area (Å²) in [5.74, 6) is 1.78. The first-order chi connectivity index (χ1) is 10.6. The Kier molecular flexibility index (Phi) is 3.93. The molecule has 1 atom stereocenters. The van der Waals surface area contributed by atoms with Gasteiger partial charge in [-0.1, -0.05) is 18.5 Å². The normalized spacial score (nSPS) is 17.1. The topological polar surface area (TPSA) is 98.8 Å². The minimum absolute atomic E-state index is 0.139. The van der Waals surface area contributed by atoms with Gasteiger partial charge in [-0.2, -0.15) is 5.10 Å². The largest absolute Gasteiger partial charge is 0.354 e. The number of aromatic nitrogens is 4. The van der Waals surface area contributed by atoms with E-state index < -0.39 is 4.92 Å². The molecule has 1 unspecified atom stereocenters. The Labute approximate surface area is 131 Å². The molecule has 0 saturated heterocycles. The molecule has 0 saturated carbocycles. The molecule has 0 aliphatic carbocycles. The molecule has 1 N–H and O–H groups in total. The van der Waals surface area contributed by atoms with E-state index in [0.29, 0.717) is 0 Å². The van der Waals surface area contributed by atoms with Crippen LogP contribution in [0, 0.1) is 10.1 Å². The van der Waals surface area contributed by atoms with Gasteiger partial charge in [0.05, 0.1) is 16.0 Å². The summed E-state index contributed by atoms with van der Waals surface area (Å²) in [6.07, 6.45) is 3.90. The second-order valence-corrected chi connectivity index (χ2v) is 5.52. The Hall–Kier alpha value is -2.22. The van der Waals surface area contributed by atoms with Crippen molar-refractivity contribution in [2.45, 2.75) is 38.8 Å². The van der Waals surface area contributed by atoms with Crippen LogP contribution in [0.1, 0.15) is 37.5 Å². The number of halogens is 1. The van der Waals surface area contributed by atoms with E-state index in [1.807, 2.05) is 11.6 Å². The Morgan fingerprint density at radius 3 is 3.14 bits per heavy atom. The molecule has 0 radical (unpaired) electrons. The molecule has 1 aliphatic heterocycles. The summed E-state index contributed by atoms with van der Waals surface area (Å²) in [6, 6.07) is 1.15. The zero-order valence-electron chi connectivity index (χ0n) is 12.0. The van der Waals surface area contributed by atoms with E-state index in [0.717, 1.165) is 37.5 Å². The molecule has 116 valence electrons. The number of nitro groups is 1. The fraction of sp³-hybridized carbons (Fsp3) is 0.462. The quantitative estimate of drug-likeness (QED) is 0.686. The van der Waals surface area contributed by atoms with Crippen LogP contribution >= 0.6 is 11.6 Å². The Balaban J connectivity index is 1.92. The van der Waals surface area contributed by atoms with Crippen LogP contribution in [-0.2, 0) is 13.0 Å². The molecule has 0 aromatic carbocycles. The lowest BCUT2D eigenvalue weighted by atomic mass is 10.1. The predicted molar refractivity (Wildman–Crippen MR) is 80.9 cm³/mol. The molecule has 2 aromatic rings. The highest BCUT2D eigenvalue weighted by Crippen LogP contribution is 2.31. The van der Waals surface area contributed by atoms with E-state index in [1.54, 1.807) is 0 Å². The van der Waals surface area contributed by atoms with Crippen molar-refractivity contribution in [2.75, 3.05) is 5.32 Å². The number of pyridine rings is 1. The standard InChI is InChI=1S/C13H15ClN6O2/c1-2-11-17-13-9(4-3-5-19(13)18-11)16-12-10(20(21)22)6-8(14)7-15-12/h6-7,9H,2-5H2,1H3,(H,15,16). The van der Waals surface area contributed by atoms with Gasteiger partial charge in [-0.3, -0.25) is 10.1 Å². The van der Waals surface area contributed by atoms with E-state index in [1.165, 1.54) is 12.3 Å². The number of rotatable bonds is 4. The van der Waals surface area contributed by atoms with E-state index in [-0.39, 0.29) is 22.6 Å². The Bertz CT molecular complexity index is 717. The first kappa shape index (κ1) is 14.7. The van der Waals surface area contributed by atoms with Crippen molar-refractivity contribution in [2.24, 2.45) is 0 Å². The number of hydrogen-bond acceptors (Lipinski definition) is 6. The van der Waals surface area contributed by atoms with Crippen molar-refractivity contribution in [3.8, 4) is 0 Å². The van der Waals surface area contributed by atoms with Gasteiger partial charge in [0, 0.05) is 25.2 Å². The molecule has 0 amide bonds. The summed E-state index contributed by atoms with van der Waals surface area (Å²) in [6.45, 7) is 2.81. The Morgan fingerprint density at radius 2 is 2.41 bits per heavy atom. The molecule has 22 heavy (non-hydrogen) atoms. The van der Waals surface area contributed by atoms with Crippen molar-refractivity contribution < 1.29 is 4.92 Å². The minimum atomic E-state index is -0.494. The van der Waals surface area contributed by atoms with Crippen LogP contribution in [0.15, 0.2) is 12.3 Å². The number of anilines is 1. The third-order valence-corrected chi connectivity index (χ3v) is 3.78. The summed E-state index contributed by atoms with van der Waals surface area (Å²) in [4.78, 5) is 19.2. The van der Waals surface area contributed by atoms with Gasteiger partial charge in [0.2, 0.25) is 5.82 Å². The molecule has 8 nitrogen and oxygen atoms in total. The third kappa shape index (κ3) is 2.74. The third-order valence-electron chi connectivity index (χ3n) is 3.58. The van der Waals surface area contributed by atoms with Gasteiger partial charge in [0.15, 0.2) is 5.82 Å². The van der Waals surface area contributed by atoms with E-state index in [9.17, 15) is 10.1 Å². The predicted octanol–water partition coefficient (Wildman–Crippen LogP) is 2.74. The molecule has 3 heterocycles. The number of nitrogens with one attached hydrogen (secondary N) is 1. The summed E-state index contributed by atoms with van der Waals surface area (Å²) in [5.41, 5.74) is -0.139. The fourth-order valence-corrected chi connectivity index (χ4v) is 2.68. The summed E-state index contributed by atoms with van der Waals surface area (Å²) < 4.78 is 1.86. The molecule has 1 aliphatic rings. The van der Waals surface area contributed by atoms with Crippen molar-refractivity contribution in [3.05, 3.63) is 39.0 Å². The summed E-state index contributed by atoms with van der Waals surface area (Å²) in [7, 11) is 0. The Morgan fingerprint density at radius 1 is 1.59 bits per heavy atom. The maximum absolute atomic E-state index is 11.1. The van der Waals surface area contributed by atoms with Gasteiger partial charge in [-0.25, -0.2) is 14.6 Å². The SMILES string of the molecule is CCc1nc2n(n1)CCCC2Nc1ncc(Cl)cc1[N+](=O)[O-]. The van der Waals surface area contributed by atoms with Crippen molar-refractivity contribution in [1.82, 2.24) is 19.7 Å². The molecule has 0 fully saturated rings. The second-order valence-electron chi connectivity index (χ2n) is 5.08. The zero-order chi connectivity index (χ0) is 15.7. The van der Waals surface area contributed by atoms with E-state index in [2.05, 4.69) is 20.4 Å². The molecule has 2 aromatic heterocycles. The van der Waals surface area contributed by atoms with Crippen LogP contribution in [0.25, 0.3) is 0 Å². The molecule has 9 heteroatoms. The molecular formula is C13H15ClN6O2. The summed E-state index contributed by atoms with van der Waals surface area (Å²) >= 11 is 5.79. The average molecular weight is 323 g/mol. The molecule has 0 bridgehead atoms. The van der Waals surface area contributed by atoms with Gasteiger partial charge in [-0.15, -0.1) is 0 Å². The monoisotopic (exact) mass is 322 g/mol. The van der Waals surface area contributed by atoms with Gasteiger partial charge in [-0.05, 0) is 12.8 Å². The maximum Gasteiger partial charge on any atom is 0.312 e. The van der Waals surface area contributed by atoms with Crippen LogP contribution in [0.4, 0.5) is 11.5 Å². The van der Waals surface area contributed by atoms with E-state index in [4.69, 9.17) is 11.6 Å². The maximum atomic E-state index is 11.1. The first-order valence-electron chi connectivity index (χ1n) is 7.08. The lowest BCUT2D eigenvalue weighted by Crippen LogP contribution is -2.23. The number of aryl methyl sites for hydroxylation is 2. The van der Waals surface area contributed by atoms with Gasteiger partial charge in [0.25, 0.3) is 0 Å². The number of nitrogens with zero attached hydrogens (tertiary/aromatic N) is 5. The fourth-order valence-electron chi connectivity index (χ4n) is 2.53. The zero-order valence-corrected chi connectivity index (χ0v) is 12.7. The highest BCUT2D eigenvalue weighted by Gasteiger charge is 2.27. The number of hydrogen-bond donors (Lipinski definition) is 1.